The number of ether oxygens (including phenoxy) is 2. The van der Waals surface area contributed by atoms with Crippen molar-refractivity contribution >= 4 is 5.91 Å². The van der Waals surface area contributed by atoms with E-state index in [9.17, 15) is 4.79 Å². The molecule has 0 unspecified atom stereocenters. The number of carbonyl (C=O) groups is 1. The summed E-state index contributed by atoms with van der Waals surface area (Å²) in [5.74, 6) is -0.176. The Hall–Kier alpha value is -0.610. The summed E-state index contributed by atoms with van der Waals surface area (Å²) < 4.78 is 10.2. The monoisotopic (exact) mass is 173 g/mol. The lowest BCUT2D eigenvalue weighted by Crippen LogP contribution is -2.43. The van der Waals surface area contributed by atoms with Gasteiger partial charge in [0.25, 0.3) is 5.91 Å². The van der Waals surface area contributed by atoms with Crippen molar-refractivity contribution in [3.63, 3.8) is 0 Å². The van der Waals surface area contributed by atoms with Gasteiger partial charge in [-0.1, -0.05) is 0 Å². The van der Waals surface area contributed by atoms with E-state index in [0.29, 0.717) is 13.2 Å². The average molecular weight is 173 g/mol. The summed E-state index contributed by atoms with van der Waals surface area (Å²) in [6.07, 6.45) is 0.173. The Balaban J connectivity index is 2.30. The fourth-order valence-electron chi connectivity index (χ4n) is 0.992. The SMILES string of the molecule is CC(C)NC(=O)C1OCCCO1. The molecule has 0 atom stereocenters. The van der Waals surface area contributed by atoms with Gasteiger partial charge in [0.2, 0.25) is 6.29 Å². The van der Waals surface area contributed by atoms with Crippen LogP contribution in [0.5, 0.6) is 0 Å². The number of hydrogen-bond acceptors (Lipinski definition) is 3. The Morgan fingerprint density at radius 1 is 1.42 bits per heavy atom. The minimum atomic E-state index is -0.693. The van der Waals surface area contributed by atoms with Crippen LogP contribution in [0.15, 0.2) is 0 Å². The van der Waals surface area contributed by atoms with Gasteiger partial charge in [0.05, 0.1) is 13.2 Å². The molecule has 0 aliphatic carbocycles. The molecule has 4 nitrogen and oxygen atoms in total. The molecule has 0 aromatic carbocycles. The van der Waals surface area contributed by atoms with Gasteiger partial charge in [-0.3, -0.25) is 4.79 Å². The summed E-state index contributed by atoms with van der Waals surface area (Å²) in [5.41, 5.74) is 0. The maximum atomic E-state index is 11.2. The number of amides is 1. The lowest BCUT2D eigenvalue weighted by molar-refractivity contribution is -0.190. The molecule has 0 radical (unpaired) electrons. The second-order valence-electron chi connectivity index (χ2n) is 3.09. The Labute approximate surface area is 72.2 Å². The summed E-state index contributed by atoms with van der Waals surface area (Å²) in [6.45, 7) is 5.02. The van der Waals surface area contributed by atoms with Crippen LogP contribution in [0.4, 0.5) is 0 Å². The van der Waals surface area contributed by atoms with E-state index in [0.717, 1.165) is 6.42 Å². The Bertz CT molecular complexity index is 152. The molecule has 0 aromatic heterocycles. The van der Waals surface area contributed by atoms with Crippen LogP contribution in [0.2, 0.25) is 0 Å². The molecular formula is C8H15NO3. The topological polar surface area (TPSA) is 47.6 Å². The predicted octanol–water partition coefficient (Wildman–Crippen LogP) is 0.274. The van der Waals surface area contributed by atoms with Gasteiger partial charge in [-0.25, -0.2) is 0 Å². The van der Waals surface area contributed by atoms with E-state index in [1.165, 1.54) is 0 Å². The van der Waals surface area contributed by atoms with Crippen molar-refractivity contribution in [3.8, 4) is 0 Å². The largest absolute Gasteiger partial charge is 0.350 e. The summed E-state index contributed by atoms with van der Waals surface area (Å²) in [5, 5.41) is 2.72. The molecule has 12 heavy (non-hydrogen) atoms. The van der Waals surface area contributed by atoms with Crippen molar-refractivity contribution in [2.75, 3.05) is 13.2 Å². The van der Waals surface area contributed by atoms with Gasteiger partial charge in [0, 0.05) is 6.04 Å². The van der Waals surface area contributed by atoms with Crippen LogP contribution in [0.3, 0.4) is 0 Å². The van der Waals surface area contributed by atoms with E-state index < -0.39 is 6.29 Å². The van der Waals surface area contributed by atoms with Crippen molar-refractivity contribution in [2.24, 2.45) is 0 Å². The minimum absolute atomic E-state index is 0.131. The van der Waals surface area contributed by atoms with Gasteiger partial charge in [-0.2, -0.15) is 0 Å². The van der Waals surface area contributed by atoms with Crippen LogP contribution in [0, 0.1) is 0 Å². The highest BCUT2D eigenvalue weighted by molar-refractivity contribution is 5.79. The smallest absolute Gasteiger partial charge is 0.277 e. The van der Waals surface area contributed by atoms with E-state index in [4.69, 9.17) is 9.47 Å². The van der Waals surface area contributed by atoms with Crippen molar-refractivity contribution in [3.05, 3.63) is 0 Å². The van der Waals surface area contributed by atoms with Crippen LogP contribution in [0.25, 0.3) is 0 Å². The van der Waals surface area contributed by atoms with Crippen molar-refractivity contribution in [1.82, 2.24) is 5.32 Å². The molecule has 1 aliphatic rings. The summed E-state index contributed by atoms with van der Waals surface area (Å²) >= 11 is 0. The van der Waals surface area contributed by atoms with Crippen molar-refractivity contribution in [2.45, 2.75) is 32.6 Å². The lowest BCUT2D eigenvalue weighted by atomic mass is 10.3. The first-order chi connectivity index (χ1) is 5.70. The molecule has 1 amide bonds. The molecule has 1 aliphatic heterocycles. The van der Waals surface area contributed by atoms with Gasteiger partial charge in [0.1, 0.15) is 0 Å². The van der Waals surface area contributed by atoms with Crippen molar-refractivity contribution < 1.29 is 14.3 Å². The van der Waals surface area contributed by atoms with Crippen LogP contribution in [0.1, 0.15) is 20.3 Å². The number of carbonyl (C=O) groups excluding carboxylic acids is 1. The molecule has 4 heteroatoms. The van der Waals surface area contributed by atoms with E-state index in [-0.39, 0.29) is 11.9 Å². The number of nitrogens with one attached hydrogen (secondary N) is 1. The highest BCUT2D eigenvalue weighted by atomic mass is 16.7. The molecule has 0 bridgehead atoms. The van der Waals surface area contributed by atoms with Gasteiger partial charge >= 0.3 is 0 Å². The zero-order valence-electron chi connectivity index (χ0n) is 7.50. The molecule has 1 rings (SSSR count). The van der Waals surface area contributed by atoms with Crippen LogP contribution < -0.4 is 5.32 Å². The minimum Gasteiger partial charge on any atom is -0.350 e. The maximum Gasteiger partial charge on any atom is 0.277 e. The Morgan fingerprint density at radius 3 is 2.50 bits per heavy atom. The molecule has 1 heterocycles. The highest BCUT2D eigenvalue weighted by Crippen LogP contribution is 2.04. The van der Waals surface area contributed by atoms with E-state index in [1.54, 1.807) is 0 Å². The fourth-order valence-corrected chi connectivity index (χ4v) is 0.992. The molecule has 0 aromatic rings. The zero-order chi connectivity index (χ0) is 8.97. The molecule has 1 saturated heterocycles. The van der Waals surface area contributed by atoms with Gasteiger partial charge in [0.15, 0.2) is 0 Å². The van der Waals surface area contributed by atoms with E-state index >= 15 is 0 Å². The summed E-state index contributed by atoms with van der Waals surface area (Å²) in [7, 11) is 0. The third-order valence-electron chi connectivity index (χ3n) is 1.47. The van der Waals surface area contributed by atoms with Crippen LogP contribution in [-0.2, 0) is 14.3 Å². The molecule has 1 fully saturated rings. The second kappa shape index (κ2) is 4.42. The fraction of sp³-hybridized carbons (Fsp3) is 0.875. The summed E-state index contributed by atoms with van der Waals surface area (Å²) in [6, 6.07) is 0.131. The predicted molar refractivity (Wildman–Crippen MR) is 43.6 cm³/mol. The Morgan fingerprint density at radius 2 is 2.00 bits per heavy atom. The second-order valence-corrected chi connectivity index (χ2v) is 3.09. The van der Waals surface area contributed by atoms with Crippen LogP contribution in [-0.4, -0.2) is 31.5 Å². The standard InChI is InChI=1S/C8H15NO3/c1-6(2)9-7(10)8-11-4-3-5-12-8/h6,8H,3-5H2,1-2H3,(H,9,10). The molecule has 0 saturated carbocycles. The zero-order valence-corrected chi connectivity index (χ0v) is 7.50. The number of hydrogen-bond donors (Lipinski definition) is 1. The Kier molecular flexibility index (Phi) is 3.49. The van der Waals surface area contributed by atoms with E-state index in [2.05, 4.69) is 5.32 Å². The van der Waals surface area contributed by atoms with Crippen molar-refractivity contribution in [1.29, 1.82) is 0 Å². The molecular weight excluding hydrogens is 158 g/mol. The normalized spacial score (nSPS) is 19.6. The van der Waals surface area contributed by atoms with Gasteiger partial charge in [-0.05, 0) is 20.3 Å². The first-order valence-corrected chi connectivity index (χ1v) is 4.23. The maximum absolute atomic E-state index is 11.2. The summed E-state index contributed by atoms with van der Waals surface area (Å²) in [4.78, 5) is 11.2. The van der Waals surface area contributed by atoms with Gasteiger partial charge < -0.3 is 14.8 Å². The quantitative estimate of drug-likeness (QED) is 0.652. The first-order valence-electron chi connectivity index (χ1n) is 4.23. The van der Waals surface area contributed by atoms with Crippen LogP contribution >= 0.6 is 0 Å². The first kappa shape index (κ1) is 9.48. The third kappa shape index (κ3) is 2.79. The average Bonchev–Trinajstić information content (AvgIpc) is 2.05. The number of rotatable bonds is 2. The highest BCUT2D eigenvalue weighted by Gasteiger charge is 2.22. The molecule has 0 spiro atoms. The molecule has 1 N–H and O–H groups in total. The lowest BCUT2D eigenvalue weighted by Gasteiger charge is -2.23. The third-order valence-corrected chi connectivity index (χ3v) is 1.47. The molecule has 70 valence electrons. The van der Waals surface area contributed by atoms with E-state index in [1.807, 2.05) is 13.8 Å². The van der Waals surface area contributed by atoms with Gasteiger partial charge in [-0.15, -0.1) is 0 Å².